The van der Waals surface area contributed by atoms with Gasteiger partial charge >= 0.3 is 0 Å². The lowest BCUT2D eigenvalue weighted by Crippen LogP contribution is -1.94. The topological polar surface area (TPSA) is 31.0 Å². The van der Waals surface area contributed by atoms with Gasteiger partial charge in [0.05, 0.1) is 5.52 Å². The molecule has 4 heteroatoms. The van der Waals surface area contributed by atoms with Gasteiger partial charge in [0.1, 0.15) is 16.8 Å². The van der Waals surface area contributed by atoms with Crippen molar-refractivity contribution in [1.29, 1.82) is 0 Å². The Morgan fingerprint density at radius 3 is 2.33 bits per heavy atom. The summed E-state index contributed by atoms with van der Waals surface area (Å²) >= 11 is 1.84. The minimum Gasteiger partial charge on any atom is -0.455 e. The van der Waals surface area contributed by atoms with Crippen molar-refractivity contribution in [3.05, 3.63) is 121 Å². The summed E-state index contributed by atoms with van der Waals surface area (Å²) in [6.07, 6.45) is 1.87. The van der Waals surface area contributed by atoms with Gasteiger partial charge < -0.3 is 4.42 Å². The fraction of sp³-hybridized carbons (Fsp3) is 0. The zero-order valence-corrected chi connectivity index (χ0v) is 21.6. The second kappa shape index (κ2) is 7.79. The lowest BCUT2D eigenvalue weighted by molar-refractivity contribution is 0.670. The Bertz CT molecular complexity index is 2350. The van der Waals surface area contributed by atoms with Gasteiger partial charge in [0.15, 0.2) is 0 Å². The first-order valence-corrected chi connectivity index (χ1v) is 13.9. The van der Waals surface area contributed by atoms with Gasteiger partial charge in [0, 0.05) is 59.2 Å². The monoisotopic (exact) mass is 516 g/mol. The Morgan fingerprint density at radius 1 is 0.590 bits per heavy atom. The van der Waals surface area contributed by atoms with Gasteiger partial charge in [-0.1, -0.05) is 66.7 Å². The smallest absolute Gasteiger partial charge is 0.145 e. The van der Waals surface area contributed by atoms with E-state index in [-0.39, 0.29) is 0 Å². The van der Waals surface area contributed by atoms with E-state index in [1.807, 2.05) is 23.6 Å². The van der Waals surface area contributed by atoms with Gasteiger partial charge in [0.2, 0.25) is 0 Å². The molecule has 0 saturated heterocycles. The van der Waals surface area contributed by atoms with E-state index in [0.717, 1.165) is 49.7 Å². The summed E-state index contributed by atoms with van der Waals surface area (Å²) in [7, 11) is 0. The molecule has 0 bridgehead atoms. The first-order chi connectivity index (χ1) is 19.3. The zero-order valence-electron chi connectivity index (χ0n) is 20.8. The number of hydrogen-bond donors (Lipinski definition) is 0. The van der Waals surface area contributed by atoms with E-state index in [1.54, 1.807) is 0 Å². The van der Waals surface area contributed by atoms with E-state index in [1.165, 1.54) is 31.1 Å². The molecule has 182 valence electrons. The number of para-hydroxylation sites is 2. The van der Waals surface area contributed by atoms with Gasteiger partial charge in [-0.2, -0.15) is 0 Å². The molecule has 0 unspecified atom stereocenters. The van der Waals surface area contributed by atoms with Crippen LogP contribution in [-0.2, 0) is 0 Å². The second-order valence-corrected chi connectivity index (χ2v) is 11.1. The molecule has 0 amide bonds. The number of hydrogen-bond acceptors (Lipinski definition) is 3. The molecule has 0 radical (unpaired) electrons. The van der Waals surface area contributed by atoms with E-state index < -0.39 is 0 Å². The molecule has 0 saturated carbocycles. The first-order valence-electron chi connectivity index (χ1n) is 13.1. The number of furan rings is 1. The number of pyridine rings is 1. The highest BCUT2D eigenvalue weighted by molar-refractivity contribution is 7.25. The van der Waals surface area contributed by atoms with Gasteiger partial charge in [0.25, 0.3) is 0 Å². The Balaban J connectivity index is 1.32. The van der Waals surface area contributed by atoms with E-state index in [2.05, 4.69) is 114 Å². The van der Waals surface area contributed by atoms with Gasteiger partial charge in [-0.05, 0) is 54.1 Å². The van der Waals surface area contributed by atoms with Crippen LogP contribution in [0.2, 0.25) is 0 Å². The average Bonchev–Trinajstić information content (AvgIpc) is 3.66. The van der Waals surface area contributed by atoms with Crippen LogP contribution in [0.5, 0.6) is 0 Å². The van der Waals surface area contributed by atoms with E-state index in [4.69, 9.17) is 9.40 Å². The summed E-state index contributed by atoms with van der Waals surface area (Å²) in [5, 5.41) is 7.17. The molecular formula is C35H20N2OS. The van der Waals surface area contributed by atoms with E-state index >= 15 is 0 Å². The van der Waals surface area contributed by atoms with Gasteiger partial charge in [-0.3, -0.25) is 4.57 Å². The minimum atomic E-state index is 0.886. The first kappa shape index (κ1) is 21.1. The maximum atomic E-state index is 6.60. The Morgan fingerprint density at radius 2 is 1.36 bits per heavy atom. The van der Waals surface area contributed by atoms with Crippen molar-refractivity contribution >= 4 is 75.4 Å². The molecule has 0 aliphatic rings. The highest BCUT2D eigenvalue weighted by Crippen LogP contribution is 2.43. The number of fused-ring (bicyclic) bond motifs is 9. The number of rotatable bonds is 2. The van der Waals surface area contributed by atoms with E-state index in [9.17, 15) is 0 Å². The summed E-state index contributed by atoms with van der Waals surface area (Å²) < 4.78 is 11.5. The third-order valence-corrected chi connectivity index (χ3v) is 9.00. The third kappa shape index (κ3) is 2.89. The molecule has 9 rings (SSSR count). The molecule has 0 N–H and O–H groups in total. The summed E-state index contributed by atoms with van der Waals surface area (Å²) in [6, 6.07) is 40.9. The van der Waals surface area contributed by atoms with Crippen LogP contribution in [0, 0.1) is 0 Å². The molecule has 5 aromatic carbocycles. The highest BCUT2D eigenvalue weighted by Gasteiger charge is 2.18. The molecule has 0 fully saturated rings. The fourth-order valence-electron chi connectivity index (χ4n) is 6.19. The summed E-state index contributed by atoms with van der Waals surface area (Å²) in [5.41, 5.74) is 7.33. The van der Waals surface area contributed by atoms with Crippen molar-refractivity contribution < 1.29 is 4.42 Å². The normalized spacial score (nSPS) is 12.1. The molecule has 0 atom stereocenters. The van der Waals surface area contributed by atoms with Gasteiger partial charge in [-0.25, -0.2) is 4.98 Å². The Hall–Kier alpha value is -4.93. The van der Waals surface area contributed by atoms with Crippen molar-refractivity contribution in [2.75, 3.05) is 0 Å². The summed E-state index contributed by atoms with van der Waals surface area (Å²) in [6.45, 7) is 0. The van der Waals surface area contributed by atoms with Crippen molar-refractivity contribution in [2.24, 2.45) is 0 Å². The maximum Gasteiger partial charge on any atom is 0.145 e. The lowest BCUT2D eigenvalue weighted by Gasteiger charge is -2.07. The third-order valence-electron chi connectivity index (χ3n) is 7.86. The van der Waals surface area contributed by atoms with Gasteiger partial charge in [-0.15, -0.1) is 11.3 Å². The zero-order chi connectivity index (χ0) is 25.5. The average molecular weight is 517 g/mol. The summed E-state index contributed by atoms with van der Waals surface area (Å²) in [5.74, 6) is 0. The van der Waals surface area contributed by atoms with Crippen LogP contribution >= 0.6 is 11.3 Å². The molecule has 4 heterocycles. The second-order valence-electron chi connectivity index (χ2n) is 9.97. The molecule has 0 spiro atoms. The number of benzene rings is 5. The number of thiophene rings is 1. The van der Waals surface area contributed by atoms with Crippen LogP contribution in [0.4, 0.5) is 0 Å². The lowest BCUT2D eigenvalue weighted by atomic mass is 9.97. The molecule has 0 aliphatic heterocycles. The Kier molecular flexibility index (Phi) is 4.21. The summed E-state index contributed by atoms with van der Waals surface area (Å²) in [4.78, 5) is 4.77. The van der Waals surface area contributed by atoms with Crippen molar-refractivity contribution in [3.63, 3.8) is 0 Å². The molecule has 0 aliphatic carbocycles. The van der Waals surface area contributed by atoms with Crippen LogP contribution in [0.3, 0.4) is 0 Å². The molecule has 4 aromatic heterocycles. The van der Waals surface area contributed by atoms with Crippen LogP contribution < -0.4 is 0 Å². The fourth-order valence-corrected chi connectivity index (χ4v) is 7.33. The van der Waals surface area contributed by atoms with Crippen LogP contribution in [-0.4, -0.2) is 9.55 Å². The molecule has 39 heavy (non-hydrogen) atoms. The van der Waals surface area contributed by atoms with E-state index in [0.29, 0.717) is 0 Å². The van der Waals surface area contributed by atoms with Crippen LogP contribution in [0.25, 0.3) is 80.9 Å². The standard InChI is InChI=1S/C35H20N2OS/c1-3-14-29-22(8-1)26-13-7-19-36-35(26)37(29)21-17-18-30-28(20-21)25-12-5-11-24(34(25)38-30)23-10-6-16-32-33(23)27-9-2-4-15-31(27)39-32/h1-20H. The predicted octanol–water partition coefficient (Wildman–Crippen LogP) is 10.1. The minimum absolute atomic E-state index is 0.886. The number of aromatic nitrogens is 2. The predicted molar refractivity (Wildman–Crippen MR) is 164 cm³/mol. The Labute approximate surface area is 227 Å². The largest absolute Gasteiger partial charge is 0.455 e. The molecule has 3 nitrogen and oxygen atoms in total. The SMILES string of the molecule is c1ccc2c(c1)sc1cccc(-c3cccc4c3oc3ccc(-n5c6ccccc6c6cccnc65)cc34)c12. The van der Waals surface area contributed by atoms with Crippen LogP contribution in [0.1, 0.15) is 0 Å². The van der Waals surface area contributed by atoms with Crippen molar-refractivity contribution in [3.8, 4) is 16.8 Å². The molecular weight excluding hydrogens is 496 g/mol. The van der Waals surface area contributed by atoms with Crippen molar-refractivity contribution in [2.45, 2.75) is 0 Å². The number of nitrogens with zero attached hydrogens (tertiary/aromatic N) is 2. The highest BCUT2D eigenvalue weighted by atomic mass is 32.1. The maximum absolute atomic E-state index is 6.60. The van der Waals surface area contributed by atoms with Crippen LogP contribution in [0.15, 0.2) is 126 Å². The molecule has 9 aromatic rings. The van der Waals surface area contributed by atoms with Crippen molar-refractivity contribution in [1.82, 2.24) is 9.55 Å². The quantitative estimate of drug-likeness (QED) is 0.229.